The van der Waals surface area contributed by atoms with Crippen LogP contribution in [0.1, 0.15) is 30.9 Å². The van der Waals surface area contributed by atoms with Crippen molar-refractivity contribution in [1.29, 1.82) is 0 Å². The minimum absolute atomic E-state index is 0.0452. The van der Waals surface area contributed by atoms with E-state index in [2.05, 4.69) is 10.3 Å². The van der Waals surface area contributed by atoms with E-state index in [-0.39, 0.29) is 43.0 Å². The molecule has 0 aromatic carbocycles. The number of morpholine rings is 1. The second-order valence-corrected chi connectivity index (χ2v) is 8.98. The Bertz CT molecular complexity index is 874. The third-order valence-corrected chi connectivity index (χ3v) is 6.90. The van der Waals surface area contributed by atoms with Gasteiger partial charge in [-0.25, -0.2) is 4.79 Å². The molecule has 0 bridgehead atoms. The van der Waals surface area contributed by atoms with Gasteiger partial charge in [-0.2, -0.15) is 13.2 Å². The van der Waals surface area contributed by atoms with Crippen LogP contribution in [0.4, 0.5) is 23.7 Å². The molecule has 4 aliphatic heterocycles. The zero-order chi connectivity index (χ0) is 22.5. The predicted octanol–water partition coefficient (Wildman–Crippen LogP) is 1.72. The van der Waals surface area contributed by atoms with Crippen molar-refractivity contribution in [2.75, 3.05) is 44.2 Å². The van der Waals surface area contributed by atoms with E-state index in [1.54, 1.807) is 21.9 Å². The Morgan fingerprint density at radius 3 is 2.66 bits per heavy atom. The summed E-state index contributed by atoms with van der Waals surface area (Å²) < 4.78 is 45.2. The van der Waals surface area contributed by atoms with Crippen molar-refractivity contribution in [3.63, 3.8) is 0 Å². The van der Waals surface area contributed by atoms with E-state index >= 15 is 0 Å². The average molecular weight is 453 g/mol. The molecule has 3 atom stereocenters. The Labute approximate surface area is 183 Å². The number of nitrogens with zero attached hydrogens (tertiary/aromatic N) is 4. The number of halogens is 3. The van der Waals surface area contributed by atoms with Crippen molar-refractivity contribution in [1.82, 2.24) is 20.1 Å². The Hall–Kier alpha value is -2.56. The van der Waals surface area contributed by atoms with Crippen LogP contribution in [0, 0.1) is 0 Å². The van der Waals surface area contributed by atoms with Crippen molar-refractivity contribution in [3.05, 3.63) is 24.0 Å². The molecule has 8 nitrogen and oxygen atoms in total. The van der Waals surface area contributed by atoms with E-state index in [1.165, 1.54) is 11.1 Å². The molecule has 4 aliphatic rings. The number of nitrogens with one attached hydrogen (secondary N) is 1. The van der Waals surface area contributed by atoms with Crippen LogP contribution in [-0.2, 0) is 9.53 Å². The lowest BCUT2D eigenvalue weighted by Crippen LogP contribution is -2.63. The maximum absolute atomic E-state index is 13.2. The second kappa shape index (κ2) is 8.09. The van der Waals surface area contributed by atoms with Crippen molar-refractivity contribution < 1.29 is 27.5 Å². The summed E-state index contributed by atoms with van der Waals surface area (Å²) >= 11 is 0. The Balaban J connectivity index is 1.15. The number of carbonyl (C=O) groups excluding carboxylic acids is 2. The molecule has 11 heteroatoms. The van der Waals surface area contributed by atoms with Gasteiger partial charge in [-0.15, -0.1) is 0 Å². The number of hydrogen-bond acceptors (Lipinski definition) is 5. The van der Waals surface area contributed by atoms with Crippen molar-refractivity contribution in [2.45, 2.75) is 49.5 Å². The highest BCUT2D eigenvalue weighted by Gasteiger charge is 2.46. The monoisotopic (exact) mass is 453 g/mol. The van der Waals surface area contributed by atoms with Crippen molar-refractivity contribution in [3.8, 4) is 0 Å². The fourth-order valence-electron chi connectivity index (χ4n) is 5.12. The third kappa shape index (κ3) is 3.98. The largest absolute Gasteiger partial charge is 0.408 e. The van der Waals surface area contributed by atoms with Gasteiger partial charge in [0.1, 0.15) is 12.6 Å². The summed E-state index contributed by atoms with van der Waals surface area (Å²) in [7, 11) is 0. The highest BCUT2D eigenvalue weighted by molar-refractivity contribution is 5.79. The molecule has 0 aliphatic carbocycles. The average Bonchev–Trinajstić information content (AvgIpc) is 3.23. The van der Waals surface area contributed by atoms with Crippen LogP contribution >= 0.6 is 0 Å². The first-order valence-corrected chi connectivity index (χ1v) is 11.0. The molecule has 5 heterocycles. The lowest BCUT2D eigenvalue weighted by Gasteiger charge is -2.46. The number of urea groups is 1. The van der Waals surface area contributed by atoms with Crippen LogP contribution in [0.5, 0.6) is 0 Å². The van der Waals surface area contributed by atoms with Gasteiger partial charge in [0.25, 0.3) is 0 Å². The smallest absolute Gasteiger partial charge is 0.366 e. The molecule has 0 saturated carbocycles. The number of anilines is 1. The summed E-state index contributed by atoms with van der Waals surface area (Å²) in [5.74, 6) is -0.0881. The van der Waals surface area contributed by atoms with Gasteiger partial charge in [0.2, 0.25) is 5.91 Å². The number of carbonyl (C=O) groups is 2. The zero-order valence-electron chi connectivity index (χ0n) is 17.6. The molecule has 4 fully saturated rings. The minimum Gasteiger partial charge on any atom is -0.366 e. The van der Waals surface area contributed by atoms with Gasteiger partial charge in [-0.05, 0) is 31.4 Å². The fourth-order valence-corrected chi connectivity index (χ4v) is 5.12. The SMILES string of the molecule is O=C1CO[C@H]2CCN(C(=O)N3CC(c4ccc(N5CCCC5C(F)(F)F)cn4)C3)C[C@H]2N1. The Kier molecular flexibility index (Phi) is 5.39. The summed E-state index contributed by atoms with van der Waals surface area (Å²) in [5.41, 5.74) is 1.27. The number of hydrogen-bond donors (Lipinski definition) is 1. The molecule has 3 amide bonds. The number of rotatable bonds is 2. The van der Waals surface area contributed by atoms with Gasteiger partial charge < -0.3 is 24.8 Å². The number of piperidine rings is 1. The molecule has 1 N–H and O–H groups in total. The van der Waals surface area contributed by atoms with Crippen molar-refractivity contribution in [2.24, 2.45) is 0 Å². The molecule has 0 spiro atoms. The van der Waals surface area contributed by atoms with Gasteiger partial charge in [0.15, 0.2) is 0 Å². The lowest BCUT2D eigenvalue weighted by molar-refractivity contribution is -0.146. The van der Waals surface area contributed by atoms with Crippen LogP contribution in [0.3, 0.4) is 0 Å². The predicted molar refractivity (Wildman–Crippen MR) is 108 cm³/mol. The zero-order valence-corrected chi connectivity index (χ0v) is 17.6. The number of fused-ring (bicyclic) bond motifs is 1. The summed E-state index contributed by atoms with van der Waals surface area (Å²) in [6, 6.07) is 1.78. The molecular weight excluding hydrogens is 427 g/mol. The summed E-state index contributed by atoms with van der Waals surface area (Å²) in [6.07, 6.45) is -1.47. The highest BCUT2D eigenvalue weighted by atomic mass is 19.4. The molecule has 1 aromatic heterocycles. The first kappa shape index (κ1) is 21.3. The lowest BCUT2D eigenvalue weighted by atomic mass is 9.95. The first-order valence-electron chi connectivity index (χ1n) is 11.0. The van der Waals surface area contributed by atoms with Gasteiger partial charge in [0.05, 0.1) is 24.0 Å². The molecule has 1 unspecified atom stereocenters. The number of ether oxygens (including phenoxy) is 1. The van der Waals surface area contributed by atoms with Crippen molar-refractivity contribution >= 4 is 17.6 Å². The van der Waals surface area contributed by atoms with E-state index < -0.39 is 12.2 Å². The number of pyridine rings is 1. The quantitative estimate of drug-likeness (QED) is 0.738. The Morgan fingerprint density at radius 1 is 1.12 bits per heavy atom. The molecular formula is C21H26F3N5O3. The molecule has 1 aromatic rings. The molecule has 174 valence electrons. The van der Waals surface area contributed by atoms with E-state index in [9.17, 15) is 22.8 Å². The van der Waals surface area contributed by atoms with E-state index in [1.807, 2.05) is 0 Å². The molecule has 32 heavy (non-hydrogen) atoms. The first-order chi connectivity index (χ1) is 15.3. The van der Waals surface area contributed by atoms with Crippen LogP contribution in [0.25, 0.3) is 0 Å². The van der Waals surface area contributed by atoms with E-state index in [0.29, 0.717) is 51.3 Å². The van der Waals surface area contributed by atoms with Gasteiger partial charge in [0, 0.05) is 44.3 Å². The van der Waals surface area contributed by atoms with Gasteiger partial charge in [-0.1, -0.05) is 0 Å². The molecule has 5 rings (SSSR count). The number of aromatic nitrogens is 1. The van der Waals surface area contributed by atoms with Gasteiger partial charge >= 0.3 is 12.2 Å². The highest BCUT2D eigenvalue weighted by Crippen LogP contribution is 2.36. The third-order valence-electron chi connectivity index (χ3n) is 6.90. The van der Waals surface area contributed by atoms with Crippen LogP contribution in [-0.4, -0.2) is 90.4 Å². The molecule has 4 saturated heterocycles. The van der Waals surface area contributed by atoms with E-state index in [0.717, 1.165) is 5.69 Å². The maximum Gasteiger partial charge on any atom is 0.408 e. The summed E-state index contributed by atoms with van der Waals surface area (Å²) in [5, 5.41) is 2.89. The van der Waals surface area contributed by atoms with Crippen LogP contribution < -0.4 is 10.2 Å². The van der Waals surface area contributed by atoms with E-state index in [4.69, 9.17) is 4.74 Å². The number of amides is 3. The fraction of sp³-hybridized carbons (Fsp3) is 0.667. The normalized spacial score (nSPS) is 28.9. The topological polar surface area (TPSA) is 78.0 Å². The minimum atomic E-state index is -4.25. The summed E-state index contributed by atoms with van der Waals surface area (Å²) in [4.78, 5) is 33.7. The maximum atomic E-state index is 13.2. The Morgan fingerprint density at radius 2 is 1.94 bits per heavy atom. The van der Waals surface area contributed by atoms with Crippen LogP contribution in [0.2, 0.25) is 0 Å². The summed E-state index contributed by atoms with van der Waals surface area (Å²) in [6.45, 7) is 2.50. The molecule has 0 radical (unpaired) electrons. The second-order valence-electron chi connectivity index (χ2n) is 8.98. The number of likely N-dealkylation sites (tertiary alicyclic amines) is 2. The number of alkyl halides is 3. The van der Waals surface area contributed by atoms with Crippen LogP contribution in [0.15, 0.2) is 18.3 Å². The standard InChI is InChI=1S/C21H26F3N5O3/c22-21(23,24)18-2-1-6-29(18)14-3-4-15(25-8-14)13-9-28(10-13)20(31)27-7-5-17-16(11-27)26-19(30)12-32-17/h3-4,8,13,16-18H,1-2,5-7,9-12H2,(H,26,30)/t16-,17+,18?/m1/s1. The van der Waals surface area contributed by atoms with Gasteiger partial charge in [-0.3, -0.25) is 9.78 Å².